The molecule has 0 radical (unpaired) electrons. The summed E-state index contributed by atoms with van der Waals surface area (Å²) in [6.07, 6.45) is 1.68. The van der Waals surface area contributed by atoms with Crippen LogP contribution in [0.5, 0.6) is 0 Å². The number of carboxylic acid groups (broad SMARTS) is 1. The van der Waals surface area contributed by atoms with Crippen LogP contribution in [0.25, 0.3) is 0 Å². The van der Waals surface area contributed by atoms with Gasteiger partial charge in [0.05, 0.1) is 11.8 Å². The van der Waals surface area contributed by atoms with Crippen molar-refractivity contribution in [3.8, 4) is 11.8 Å². The van der Waals surface area contributed by atoms with Crippen LogP contribution in [0, 0.1) is 22.7 Å². The van der Waals surface area contributed by atoms with Crippen molar-refractivity contribution in [2.45, 2.75) is 12.8 Å². The summed E-state index contributed by atoms with van der Waals surface area (Å²) in [5, 5.41) is 12.5. The van der Waals surface area contributed by atoms with Crippen molar-refractivity contribution in [2.24, 2.45) is 11.2 Å². The molecule has 1 atom stereocenters. The third-order valence-corrected chi connectivity index (χ3v) is 1.90. The van der Waals surface area contributed by atoms with Crippen LogP contribution in [0.2, 0.25) is 0 Å². The Balaban J connectivity index is 2.48. The molecule has 0 saturated carbocycles. The van der Waals surface area contributed by atoms with Gasteiger partial charge in [-0.25, -0.2) is 4.79 Å². The lowest BCUT2D eigenvalue weighted by Gasteiger charge is -2.24. The van der Waals surface area contributed by atoms with E-state index in [1.54, 1.807) is 0 Å². The van der Waals surface area contributed by atoms with Gasteiger partial charge in [0, 0.05) is 18.4 Å². The molecule has 0 bridgehead atoms. The zero-order chi connectivity index (χ0) is 9.68. The predicted molar refractivity (Wildman–Crippen MR) is 45.5 cm³/mol. The lowest BCUT2D eigenvalue weighted by molar-refractivity contribution is -0.130. The van der Waals surface area contributed by atoms with Crippen LogP contribution in [0.3, 0.4) is 0 Å². The summed E-state index contributed by atoms with van der Waals surface area (Å²) in [6.45, 7) is 1.10. The van der Waals surface area contributed by atoms with E-state index in [2.05, 4.69) is 17.1 Å². The second-order valence-corrected chi connectivity index (χ2v) is 2.91. The molecular formula is C8H10N2O3. The molecule has 13 heavy (non-hydrogen) atoms. The van der Waals surface area contributed by atoms with E-state index in [1.807, 2.05) is 0 Å². The van der Waals surface area contributed by atoms with E-state index in [9.17, 15) is 9.70 Å². The van der Waals surface area contributed by atoms with Gasteiger partial charge >= 0.3 is 5.97 Å². The number of aliphatic carboxylic acids is 1. The molecule has 5 nitrogen and oxygen atoms in total. The number of nitrogens with zero attached hydrogens (tertiary/aromatic N) is 2. The fourth-order valence-electron chi connectivity index (χ4n) is 1.31. The highest BCUT2D eigenvalue weighted by molar-refractivity contribution is 5.86. The first-order chi connectivity index (χ1) is 6.22. The minimum atomic E-state index is -1.13. The van der Waals surface area contributed by atoms with Crippen LogP contribution in [0.4, 0.5) is 0 Å². The molecule has 0 spiro atoms. The molecule has 1 aliphatic heterocycles. The Hall–Kier alpha value is -1.57. The number of piperidine rings is 1. The Morgan fingerprint density at radius 1 is 1.62 bits per heavy atom. The Morgan fingerprint density at radius 3 is 3.00 bits per heavy atom. The van der Waals surface area contributed by atoms with Crippen molar-refractivity contribution in [2.75, 3.05) is 13.1 Å². The fraction of sp³-hybridized carbons (Fsp3) is 0.625. The predicted octanol–water partition coefficient (Wildman–Crippen LogP) is 0.468. The Kier molecular flexibility index (Phi) is 3.26. The van der Waals surface area contributed by atoms with Gasteiger partial charge in [0.15, 0.2) is 0 Å². The van der Waals surface area contributed by atoms with Crippen LogP contribution in [0.15, 0.2) is 5.29 Å². The monoisotopic (exact) mass is 182 g/mol. The Labute approximate surface area is 75.7 Å². The van der Waals surface area contributed by atoms with E-state index >= 15 is 0 Å². The van der Waals surface area contributed by atoms with Gasteiger partial charge in [0.2, 0.25) is 0 Å². The van der Waals surface area contributed by atoms with E-state index in [1.165, 1.54) is 5.01 Å². The number of hydrogen-bond donors (Lipinski definition) is 1. The lowest BCUT2D eigenvalue weighted by atomic mass is 10.00. The topological polar surface area (TPSA) is 70.0 Å². The second-order valence-electron chi connectivity index (χ2n) is 2.91. The van der Waals surface area contributed by atoms with E-state index in [0.29, 0.717) is 13.1 Å². The molecule has 0 aliphatic carbocycles. The van der Waals surface area contributed by atoms with Crippen molar-refractivity contribution in [3.05, 3.63) is 4.91 Å². The average Bonchev–Trinajstić information content (AvgIpc) is 2.15. The van der Waals surface area contributed by atoms with Crippen LogP contribution in [-0.2, 0) is 4.79 Å². The summed E-state index contributed by atoms with van der Waals surface area (Å²) < 4.78 is 0. The van der Waals surface area contributed by atoms with Gasteiger partial charge in [0.25, 0.3) is 0 Å². The van der Waals surface area contributed by atoms with E-state index < -0.39 is 5.97 Å². The van der Waals surface area contributed by atoms with E-state index in [-0.39, 0.29) is 5.92 Å². The van der Waals surface area contributed by atoms with Gasteiger partial charge in [-0.1, -0.05) is 5.92 Å². The van der Waals surface area contributed by atoms with Crippen molar-refractivity contribution in [1.29, 1.82) is 0 Å². The van der Waals surface area contributed by atoms with Gasteiger partial charge in [0.1, 0.15) is 0 Å². The van der Waals surface area contributed by atoms with Gasteiger partial charge in [-0.05, 0) is 12.8 Å². The highest BCUT2D eigenvalue weighted by Gasteiger charge is 2.17. The summed E-state index contributed by atoms with van der Waals surface area (Å²) in [6, 6.07) is 0. The number of hydrogen-bond acceptors (Lipinski definition) is 3. The van der Waals surface area contributed by atoms with Crippen LogP contribution < -0.4 is 0 Å². The largest absolute Gasteiger partial charge is 0.472 e. The SMILES string of the molecule is O=NN1CCCC(C#CC(=O)O)C1. The average molecular weight is 182 g/mol. The smallest absolute Gasteiger partial charge is 0.381 e. The molecule has 0 amide bonds. The summed E-state index contributed by atoms with van der Waals surface area (Å²) in [4.78, 5) is 20.3. The second kappa shape index (κ2) is 4.45. The number of carboxylic acids is 1. The highest BCUT2D eigenvalue weighted by atomic mass is 16.4. The highest BCUT2D eigenvalue weighted by Crippen LogP contribution is 2.15. The van der Waals surface area contributed by atoms with Crippen molar-refractivity contribution in [3.63, 3.8) is 0 Å². The van der Waals surface area contributed by atoms with Crippen LogP contribution in [0.1, 0.15) is 12.8 Å². The summed E-state index contributed by atoms with van der Waals surface area (Å²) in [5.41, 5.74) is 0. The van der Waals surface area contributed by atoms with Gasteiger partial charge < -0.3 is 5.11 Å². The standard InChI is InChI=1S/C8H10N2O3/c11-8(12)4-3-7-2-1-5-10(6-7)9-13/h7H,1-2,5-6H2,(H,11,12). The molecule has 0 aromatic rings. The normalized spacial score (nSPS) is 21.5. The molecule has 0 aromatic heterocycles. The van der Waals surface area contributed by atoms with Crippen molar-refractivity contribution >= 4 is 5.97 Å². The lowest BCUT2D eigenvalue weighted by Crippen LogP contribution is -2.30. The maximum atomic E-state index is 10.2. The molecule has 0 aromatic carbocycles. The van der Waals surface area contributed by atoms with E-state index in [4.69, 9.17) is 5.11 Å². The molecule has 70 valence electrons. The summed E-state index contributed by atoms with van der Waals surface area (Å²) in [7, 11) is 0. The quantitative estimate of drug-likeness (QED) is 0.472. The molecule has 1 fully saturated rings. The number of rotatable bonds is 1. The minimum absolute atomic E-state index is 0.0393. The fourth-order valence-corrected chi connectivity index (χ4v) is 1.31. The molecule has 1 rings (SSSR count). The molecule has 1 N–H and O–H groups in total. The first-order valence-corrected chi connectivity index (χ1v) is 4.05. The third kappa shape index (κ3) is 3.11. The van der Waals surface area contributed by atoms with Gasteiger partial charge in [-0.15, -0.1) is 4.91 Å². The summed E-state index contributed by atoms with van der Waals surface area (Å²) in [5.74, 6) is 3.48. The van der Waals surface area contributed by atoms with Gasteiger partial charge in [-0.2, -0.15) is 0 Å². The molecule has 1 saturated heterocycles. The van der Waals surface area contributed by atoms with E-state index in [0.717, 1.165) is 12.8 Å². The van der Waals surface area contributed by atoms with Crippen LogP contribution in [-0.4, -0.2) is 29.2 Å². The number of carbonyl (C=O) groups is 1. The Bertz CT molecular complexity index is 266. The van der Waals surface area contributed by atoms with Crippen LogP contribution >= 0.6 is 0 Å². The third-order valence-electron chi connectivity index (χ3n) is 1.90. The maximum absolute atomic E-state index is 10.2. The first kappa shape index (κ1) is 9.52. The molecule has 1 unspecified atom stereocenters. The molecule has 1 aliphatic rings. The number of nitroso groups, excluding NO2 is 1. The molecule has 5 heteroatoms. The first-order valence-electron chi connectivity index (χ1n) is 4.05. The maximum Gasteiger partial charge on any atom is 0.381 e. The van der Waals surface area contributed by atoms with Gasteiger partial charge in [-0.3, -0.25) is 5.01 Å². The van der Waals surface area contributed by atoms with Crippen molar-refractivity contribution in [1.82, 2.24) is 5.01 Å². The van der Waals surface area contributed by atoms with Crippen molar-refractivity contribution < 1.29 is 9.90 Å². The zero-order valence-electron chi connectivity index (χ0n) is 7.06. The molecule has 1 heterocycles. The molecular weight excluding hydrogens is 172 g/mol. The Morgan fingerprint density at radius 2 is 2.38 bits per heavy atom. The minimum Gasteiger partial charge on any atom is -0.472 e. The summed E-state index contributed by atoms with van der Waals surface area (Å²) >= 11 is 0. The zero-order valence-corrected chi connectivity index (χ0v) is 7.06.